The number of aliphatic carboxylic acids is 1. The van der Waals surface area contributed by atoms with Crippen molar-refractivity contribution in [2.75, 3.05) is 0 Å². The second kappa shape index (κ2) is 6.16. The van der Waals surface area contributed by atoms with Crippen molar-refractivity contribution in [2.24, 2.45) is 0 Å². The first-order valence-corrected chi connectivity index (χ1v) is 6.64. The minimum absolute atomic E-state index is 0.106. The highest BCUT2D eigenvalue weighted by Gasteiger charge is 2.21. The van der Waals surface area contributed by atoms with Gasteiger partial charge in [0.2, 0.25) is 0 Å². The van der Waals surface area contributed by atoms with E-state index in [9.17, 15) is 14.7 Å². The Balaban J connectivity index is 2.06. The first kappa shape index (κ1) is 14.0. The zero-order valence-corrected chi connectivity index (χ0v) is 11.1. The summed E-state index contributed by atoms with van der Waals surface area (Å²) in [5.74, 6) is -1.47. The number of rotatable bonds is 5. The molecule has 0 radical (unpaired) electrons. The average Bonchev–Trinajstić information content (AvgIpc) is 2.94. The molecule has 0 bridgehead atoms. The zero-order chi connectivity index (χ0) is 14.5. The molecule has 2 aromatic rings. The molecule has 1 aromatic heterocycles. The van der Waals surface area contributed by atoms with E-state index in [0.29, 0.717) is 10.4 Å². The van der Waals surface area contributed by atoms with Crippen LogP contribution in [0, 0.1) is 0 Å². The Bertz CT molecular complexity index is 595. The van der Waals surface area contributed by atoms with Gasteiger partial charge >= 0.3 is 5.97 Å². The molecule has 0 unspecified atom stereocenters. The van der Waals surface area contributed by atoms with Crippen molar-refractivity contribution in [1.82, 2.24) is 10.3 Å². The van der Waals surface area contributed by atoms with Crippen molar-refractivity contribution in [1.29, 1.82) is 0 Å². The summed E-state index contributed by atoms with van der Waals surface area (Å²) in [5.41, 5.74) is 2.21. The van der Waals surface area contributed by atoms with Gasteiger partial charge in [-0.25, -0.2) is 4.79 Å². The highest BCUT2D eigenvalue weighted by Crippen LogP contribution is 2.12. The number of carbonyl (C=O) groups is 2. The number of hydrogen-bond donors (Lipinski definition) is 3. The van der Waals surface area contributed by atoms with Crippen LogP contribution in [-0.2, 0) is 11.2 Å². The van der Waals surface area contributed by atoms with Gasteiger partial charge < -0.3 is 15.5 Å². The van der Waals surface area contributed by atoms with Crippen LogP contribution in [0.15, 0.2) is 36.0 Å². The number of carbonyl (C=O) groups excluding carboxylic acids is 1. The third-order valence-electron chi connectivity index (χ3n) is 2.64. The molecule has 0 aliphatic rings. The molecule has 3 N–H and O–H groups in total. The van der Waals surface area contributed by atoms with Crippen LogP contribution in [0.25, 0.3) is 0 Å². The number of phenols is 1. The summed E-state index contributed by atoms with van der Waals surface area (Å²) in [4.78, 5) is 27.2. The number of benzene rings is 1. The molecule has 0 saturated heterocycles. The normalized spacial score (nSPS) is 11.8. The molecule has 1 heterocycles. The molecule has 2 rings (SSSR count). The predicted molar refractivity (Wildman–Crippen MR) is 72.8 cm³/mol. The summed E-state index contributed by atoms with van der Waals surface area (Å²) in [5, 5.41) is 20.8. The van der Waals surface area contributed by atoms with Crippen molar-refractivity contribution in [3.05, 3.63) is 46.4 Å². The molecule has 0 aliphatic carbocycles. The Kier molecular flexibility index (Phi) is 4.31. The summed E-state index contributed by atoms with van der Waals surface area (Å²) in [6.45, 7) is 0. The monoisotopic (exact) mass is 292 g/mol. The van der Waals surface area contributed by atoms with Gasteiger partial charge in [-0.2, -0.15) is 0 Å². The first-order chi connectivity index (χ1) is 9.56. The van der Waals surface area contributed by atoms with Gasteiger partial charge in [0, 0.05) is 6.42 Å². The van der Waals surface area contributed by atoms with E-state index in [4.69, 9.17) is 5.11 Å². The van der Waals surface area contributed by atoms with Gasteiger partial charge in [0.05, 0.1) is 11.7 Å². The Morgan fingerprint density at radius 1 is 1.30 bits per heavy atom. The SMILES string of the molecule is O=C(N[C@H](Cc1ccc(O)cc1)C(=O)O)c1cncs1. The van der Waals surface area contributed by atoms with Crippen LogP contribution in [0.5, 0.6) is 5.75 Å². The maximum Gasteiger partial charge on any atom is 0.326 e. The minimum atomic E-state index is -1.11. The van der Waals surface area contributed by atoms with Crippen LogP contribution >= 0.6 is 11.3 Å². The average molecular weight is 292 g/mol. The lowest BCUT2D eigenvalue weighted by atomic mass is 10.1. The highest BCUT2D eigenvalue weighted by molar-refractivity contribution is 7.11. The van der Waals surface area contributed by atoms with Crippen LogP contribution in [-0.4, -0.2) is 33.1 Å². The molecule has 1 amide bonds. The van der Waals surface area contributed by atoms with Gasteiger partial charge in [-0.05, 0) is 17.7 Å². The summed E-state index contributed by atoms with van der Waals surface area (Å²) < 4.78 is 0. The highest BCUT2D eigenvalue weighted by atomic mass is 32.1. The van der Waals surface area contributed by atoms with Crippen molar-refractivity contribution < 1.29 is 19.8 Å². The number of nitrogens with one attached hydrogen (secondary N) is 1. The Labute approximate surface area is 118 Å². The van der Waals surface area contributed by atoms with Crippen molar-refractivity contribution in [3.8, 4) is 5.75 Å². The van der Waals surface area contributed by atoms with Gasteiger partial charge in [0.1, 0.15) is 16.7 Å². The molecule has 20 heavy (non-hydrogen) atoms. The van der Waals surface area contributed by atoms with Gasteiger partial charge in [-0.3, -0.25) is 9.78 Å². The summed E-state index contributed by atoms with van der Waals surface area (Å²) in [7, 11) is 0. The predicted octanol–water partition coefficient (Wildman–Crippen LogP) is 1.27. The fourth-order valence-corrected chi connectivity index (χ4v) is 2.15. The van der Waals surface area contributed by atoms with E-state index in [1.54, 1.807) is 12.1 Å². The van der Waals surface area contributed by atoms with Crippen LogP contribution in [0.1, 0.15) is 15.2 Å². The van der Waals surface area contributed by atoms with E-state index in [-0.39, 0.29) is 12.2 Å². The molecule has 7 heteroatoms. The molecule has 6 nitrogen and oxygen atoms in total. The van der Waals surface area contributed by atoms with E-state index in [1.807, 2.05) is 0 Å². The zero-order valence-electron chi connectivity index (χ0n) is 10.3. The Hall–Kier alpha value is -2.41. The van der Waals surface area contributed by atoms with Crippen LogP contribution in [0.4, 0.5) is 0 Å². The summed E-state index contributed by atoms with van der Waals surface area (Å²) in [6, 6.07) is 5.14. The lowest BCUT2D eigenvalue weighted by Crippen LogP contribution is -2.42. The number of hydrogen-bond acceptors (Lipinski definition) is 5. The fourth-order valence-electron chi connectivity index (χ4n) is 1.63. The number of carboxylic acids is 1. The summed E-state index contributed by atoms with van der Waals surface area (Å²) >= 11 is 1.14. The molecule has 0 aliphatic heterocycles. The van der Waals surface area contributed by atoms with Gasteiger partial charge in [-0.15, -0.1) is 11.3 Å². The van der Waals surface area contributed by atoms with Crippen LogP contribution < -0.4 is 5.32 Å². The van der Waals surface area contributed by atoms with Gasteiger partial charge in [-0.1, -0.05) is 12.1 Å². The third-order valence-corrected chi connectivity index (χ3v) is 3.41. The number of carboxylic acid groups (broad SMARTS) is 1. The number of amides is 1. The van der Waals surface area contributed by atoms with E-state index in [2.05, 4.69) is 10.3 Å². The Morgan fingerprint density at radius 2 is 2.00 bits per heavy atom. The summed E-state index contributed by atoms with van der Waals surface area (Å²) in [6.07, 6.45) is 1.53. The molecule has 0 spiro atoms. The van der Waals surface area contributed by atoms with Crippen LogP contribution in [0.3, 0.4) is 0 Å². The molecule has 104 valence electrons. The van der Waals surface area contributed by atoms with Gasteiger partial charge in [0.15, 0.2) is 0 Å². The lowest BCUT2D eigenvalue weighted by Gasteiger charge is -2.14. The quantitative estimate of drug-likeness (QED) is 0.770. The lowest BCUT2D eigenvalue weighted by molar-refractivity contribution is -0.139. The maximum absolute atomic E-state index is 11.8. The van der Waals surface area contributed by atoms with E-state index < -0.39 is 17.9 Å². The number of aromatic nitrogens is 1. The largest absolute Gasteiger partial charge is 0.508 e. The third kappa shape index (κ3) is 3.55. The first-order valence-electron chi connectivity index (χ1n) is 5.76. The van der Waals surface area contributed by atoms with Crippen molar-refractivity contribution in [3.63, 3.8) is 0 Å². The Morgan fingerprint density at radius 3 is 2.55 bits per heavy atom. The number of nitrogens with zero attached hydrogens (tertiary/aromatic N) is 1. The minimum Gasteiger partial charge on any atom is -0.508 e. The molecule has 1 atom stereocenters. The number of aromatic hydroxyl groups is 1. The second-order valence-electron chi connectivity index (χ2n) is 4.10. The molecular weight excluding hydrogens is 280 g/mol. The number of phenolic OH excluding ortho intramolecular Hbond substituents is 1. The van der Waals surface area contributed by atoms with Crippen molar-refractivity contribution in [2.45, 2.75) is 12.5 Å². The molecule has 1 aromatic carbocycles. The van der Waals surface area contributed by atoms with Crippen LogP contribution in [0.2, 0.25) is 0 Å². The van der Waals surface area contributed by atoms with Gasteiger partial charge in [0.25, 0.3) is 5.91 Å². The second-order valence-corrected chi connectivity index (χ2v) is 4.99. The molecule has 0 fully saturated rings. The van der Waals surface area contributed by atoms with E-state index in [1.165, 1.54) is 23.8 Å². The van der Waals surface area contributed by atoms with E-state index in [0.717, 1.165) is 11.3 Å². The standard InChI is InChI=1S/C13H12N2O4S/c16-9-3-1-8(2-4-9)5-10(13(18)19)15-12(17)11-6-14-7-20-11/h1-4,6-7,10,16H,5H2,(H,15,17)(H,18,19)/t10-/m1/s1. The smallest absolute Gasteiger partial charge is 0.326 e. The van der Waals surface area contributed by atoms with E-state index >= 15 is 0 Å². The topological polar surface area (TPSA) is 99.5 Å². The van der Waals surface area contributed by atoms with Crippen molar-refractivity contribution >= 4 is 23.2 Å². The molecule has 0 saturated carbocycles. The molecular formula is C13H12N2O4S. The fraction of sp³-hybridized carbons (Fsp3) is 0.154. The maximum atomic E-state index is 11.8. The number of thiazole rings is 1.